The second-order valence-electron chi connectivity index (χ2n) is 9.06. The van der Waals surface area contributed by atoms with Crippen molar-refractivity contribution in [3.8, 4) is 0 Å². The Kier molecular flexibility index (Phi) is 5.27. The topological polar surface area (TPSA) is 44.7 Å². The van der Waals surface area contributed by atoms with E-state index >= 15 is 0 Å². The molecular formula is C25H29N3OS. The molecule has 0 aliphatic carbocycles. The Morgan fingerprint density at radius 1 is 1.20 bits per heavy atom. The van der Waals surface area contributed by atoms with Gasteiger partial charge in [0.1, 0.15) is 0 Å². The van der Waals surface area contributed by atoms with Crippen molar-refractivity contribution in [2.45, 2.75) is 52.5 Å². The summed E-state index contributed by atoms with van der Waals surface area (Å²) in [5, 5.41) is 3.52. The van der Waals surface area contributed by atoms with Gasteiger partial charge in [0, 0.05) is 18.3 Å². The summed E-state index contributed by atoms with van der Waals surface area (Å²) in [6, 6.07) is 12.5. The van der Waals surface area contributed by atoms with Crippen LogP contribution >= 0.6 is 11.8 Å². The Hall–Kier alpha value is -2.53. The SMILES string of the molecule is Cc1ccc(N=C2NC(=O)/C(=C/c3cc4c(cc3C)N(C)C(C)(C)C[C@H]4C)S2)cc1. The number of amides is 1. The number of amidine groups is 1. The number of aryl methyl sites for hydroxylation is 2. The van der Waals surface area contributed by atoms with Crippen molar-refractivity contribution >= 4 is 40.3 Å². The zero-order valence-corrected chi connectivity index (χ0v) is 19.4. The van der Waals surface area contributed by atoms with Crippen LogP contribution in [0.25, 0.3) is 6.08 Å². The molecule has 0 bridgehead atoms. The first-order valence-corrected chi connectivity index (χ1v) is 11.2. The number of carbonyl (C=O) groups excluding carboxylic acids is 1. The number of aliphatic imine (C=N–C) groups is 1. The summed E-state index contributed by atoms with van der Waals surface area (Å²) in [5.41, 5.74) is 7.09. The maximum absolute atomic E-state index is 12.5. The van der Waals surface area contributed by atoms with Crippen LogP contribution in [0.5, 0.6) is 0 Å². The molecular weight excluding hydrogens is 390 g/mol. The molecule has 30 heavy (non-hydrogen) atoms. The second kappa shape index (κ2) is 7.62. The highest BCUT2D eigenvalue weighted by Gasteiger charge is 2.34. The van der Waals surface area contributed by atoms with Crippen LogP contribution in [0.2, 0.25) is 0 Å². The summed E-state index contributed by atoms with van der Waals surface area (Å²) in [7, 11) is 2.18. The molecule has 4 nitrogen and oxygen atoms in total. The lowest BCUT2D eigenvalue weighted by Gasteiger charge is -2.45. The zero-order valence-electron chi connectivity index (χ0n) is 18.5. The fraction of sp³-hybridized carbons (Fsp3) is 0.360. The minimum Gasteiger partial charge on any atom is -0.369 e. The van der Waals surface area contributed by atoms with E-state index in [1.807, 2.05) is 37.3 Å². The van der Waals surface area contributed by atoms with Gasteiger partial charge in [0.2, 0.25) is 0 Å². The number of fused-ring (bicyclic) bond motifs is 1. The van der Waals surface area contributed by atoms with E-state index in [9.17, 15) is 4.79 Å². The summed E-state index contributed by atoms with van der Waals surface area (Å²) < 4.78 is 0. The van der Waals surface area contributed by atoms with Crippen LogP contribution in [0.1, 0.15) is 55.4 Å². The van der Waals surface area contributed by atoms with E-state index in [1.54, 1.807) is 0 Å². The van der Waals surface area contributed by atoms with Gasteiger partial charge in [-0.15, -0.1) is 0 Å². The third-order valence-corrected chi connectivity index (χ3v) is 7.13. The van der Waals surface area contributed by atoms with Crippen molar-refractivity contribution in [1.29, 1.82) is 0 Å². The molecule has 0 spiro atoms. The van der Waals surface area contributed by atoms with Gasteiger partial charge in [0.25, 0.3) is 5.91 Å². The van der Waals surface area contributed by atoms with E-state index in [2.05, 4.69) is 62.1 Å². The Labute approximate surface area is 183 Å². The molecule has 1 N–H and O–H groups in total. The summed E-state index contributed by atoms with van der Waals surface area (Å²) >= 11 is 1.40. The van der Waals surface area contributed by atoms with Gasteiger partial charge in [-0.3, -0.25) is 4.79 Å². The van der Waals surface area contributed by atoms with Crippen molar-refractivity contribution in [2.24, 2.45) is 4.99 Å². The highest BCUT2D eigenvalue weighted by molar-refractivity contribution is 8.18. The van der Waals surface area contributed by atoms with E-state index in [-0.39, 0.29) is 11.4 Å². The number of anilines is 1. The number of hydrogen-bond donors (Lipinski definition) is 1. The van der Waals surface area contributed by atoms with Gasteiger partial charge in [0.05, 0.1) is 10.6 Å². The molecule has 2 aliphatic rings. The lowest BCUT2D eigenvalue weighted by atomic mass is 9.79. The fourth-order valence-corrected chi connectivity index (χ4v) is 5.08. The predicted octanol–water partition coefficient (Wildman–Crippen LogP) is 5.92. The first-order chi connectivity index (χ1) is 14.1. The highest BCUT2D eigenvalue weighted by atomic mass is 32.2. The van der Waals surface area contributed by atoms with Crippen molar-refractivity contribution in [3.63, 3.8) is 0 Å². The number of carbonyl (C=O) groups is 1. The molecule has 2 heterocycles. The molecule has 0 saturated carbocycles. The Bertz CT molecular complexity index is 1070. The molecule has 156 valence electrons. The highest BCUT2D eigenvalue weighted by Crippen LogP contribution is 2.44. The van der Waals surface area contributed by atoms with Gasteiger partial charge in [-0.1, -0.05) is 24.6 Å². The third-order valence-electron chi connectivity index (χ3n) is 6.22. The minimum atomic E-state index is -0.0886. The molecule has 2 aliphatic heterocycles. The molecule has 0 unspecified atom stereocenters. The van der Waals surface area contributed by atoms with Crippen molar-refractivity contribution < 1.29 is 4.79 Å². The maximum atomic E-state index is 12.5. The Balaban J connectivity index is 1.64. The van der Waals surface area contributed by atoms with Crippen molar-refractivity contribution in [3.05, 3.63) is 63.6 Å². The van der Waals surface area contributed by atoms with Crippen molar-refractivity contribution in [2.75, 3.05) is 11.9 Å². The summed E-state index contributed by atoms with van der Waals surface area (Å²) in [6.07, 6.45) is 3.11. The number of benzene rings is 2. The van der Waals surface area contributed by atoms with E-state index in [4.69, 9.17) is 0 Å². The molecule has 1 fully saturated rings. The van der Waals surface area contributed by atoms with Gasteiger partial charge < -0.3 is 10.2 Å². The summed E-state index contributed by atoms with van der Waals surface area (Å²) in [4.78, 5) is 20.2. The van der Waals surface area contributed by atoms with Crippen LogP contribution in [-0.2, 0) is 4.79 Å². The minimum absolute atomic E-state index is 0.0886. The van der Waals surface area contributed by atoms with Crippen LogP contribution in [-0.4, -0.2) is 23.7 Å². The fourth-order valence-electron chi connectivity index (χ4n) is 4.25. The standard InChI is InChI=1S/C25H29N3OS/c1-15-7-9-19(10-8-15)26-24-27-23(29)22(30-24)13-18-12-20-17(3)14-25(4,5)28(6)21(20)11-16(18)2/h7-13,17H,14H2,1-6H3,(H,26,27,29)/b22-13-/t17-/m1/s1. The van der Waals surface area contributed by atoms with Crippen LogP contribution in [0.4, 0.5) is 11.4 Å². The quantitative estimate of drug-likeness (QED) is 0.615. The van der Waals surface area contributed by atoms with Crippen LogP contribution in [0, 0.1) is 13.8 Å². The lowest BCUT2D eigenvalue weighted by Crippen LogP contribution is -2.45. The Morgan fingerprint density at radius 2 is 1.90 bits per heavy atom. The van der Waals surface area contributed by atoms with Gasteiger partial charge in [-0.25, -0.2) is 4.99 Å². The Morgan fingerprint density at radius 3 is 2.60 bits per heavy atom. The predicted molar refractivity (Wildman–Crippen MR) is 129 cm³/mol. The normalized spacial score (nSPS) is 23.1. The van der Waals surface area contributed by atoms with E-state index in [0.717, 1.165) is 17.7 Å². The number of hydrogen-bond acceptors (Lipinski definition) is 4. The van der Waals surface area contributed by atoms with E-state index < -0.39 is 0 Å². The van der Waals surface area contributed by atoms with Gasteiger partial charge in [-0.05, 0) is 98.8 Å². The summed E-state index contributed by atoms with van der Waals surface area (Å²) in [5.74, 6) is 0.391. The number of thioether (sulfide) groups is 1. The molecule has 1 amide bonds. The zero-order chi connectivity index (χ0) is 21.6. The first-order valence-electron chi connectivity index (χ1n) is 10.4. The maximum Gasteiger partial charge on any atom is 0.264 e. The second-order valence-corrected chi connectivity index (χ2v) is 10.1. The van der Waals surface area contributed by atoms with Crippen LogP contribution < -0.4 is 10.2 Å². The van der Waals surface area contributed by atoms with Crippen LogP contribution in [0.3, 0.4) is 0 Å². The largest absolute Gasteiger partial charge is 0.369 e. The van der Waals surface area contributed by atoms with Crippen molar-refractivity contribution in [1.82, 2.24) is 5.32 Å². The molecule has 1 saturated heterocycles. The smallest absolute Gasteiger partial charge is 0.264 e. The van der Waals surface area contributed by atoms with Gasteiger partial charge in [0.15, 0.2) is 5.17 Å². The summed E-state index contributed by atoms with van der Waals surface area (Å²) in [6.45, 7) is 11.1. The monoisotopic (exact) mass is 419 g/mol. The molecule has 1 atom stereocenters. The van der Waals surface area contributed by atoms with E-state index in [1.165, 1.54) is 34.1 Å². The van der Waals surface area contributed by atoms with E-state index in [0.29, 0.717) is 16.0 Å². The molecule has 0 radical (unpaired) electrons. The molecule has 2 aromatic carbocycles. The average molecular weight is 420 g/mol. The molecule has 2 aromatic rings. The molecule has 0 aromatic heterocycles. The first kappa shape index (κ1) is 20.7. The molecule has 5 heteroatoms. The molecule has 4 rings (SSSR count). The number of rotatable bonds is 2. The number of nitrogens with zero attached hydrogens (tertiary/aromatic N) is 2. The van der Waals surface area contributed by atoms with Gasteiger partial charge >= 0.3 is 0 Å². The van der Waals surface area contributed by atoms with Gasteiger partial charge in [-0.2, -0.15) is 0 Å². The van der Waals surface area contributed by atoms with Crippen LogP contribution in [0.15, 0.2) is 46.3 Å². The number of nitrogens with one attached hydrogen (secondary N) is 1. The average Bonchev–Trinajstić information content (AvgIpc) is 3.01. The lowest BCUT2D eigenvalue weighted by molar-refractivity contribution is -0.115. The third kappa shape index (κ3) is 3.91.